The summed E-state index contributed by atoms with van der Waals surface area (Å²) in [7, 11) is 1.42. The van der Waals surface area contributed by atoms with Crippen molar-refractivity contribution in [2.24, 2.45) is 0 Å². The Morgan fingerprint density at radius 2 is 1.52 bits per heavy atom. The van der Waals surface area contributed by atoms with E-state index in [0.717, 1.165) is 44.1 Å². The Morgan fingerprint density at radius 1 is 0.897 bits per heavy atom. The smallest absolute Gasteiger partial charge is 0.341 e. The van der Waals surface area contributed by atoms with E-state index < -0.39 is 0 Å². The van der Waals surface area contributed by atoms with Crippen LogP contribution in [-0.2, 0) is 22.4 Å². The number of carbonyl (C=O) groups is 2. The molecule has 0 unspecified atom stereocenters. The fourth-order valence-corrected chi connectivity index (χ4v) is 5.40. The van der Waals surface area contributed by atoms with Gasteiger partial charge in [-0.1, -0.05) is 71.1 Å². The van der Waals surface area contributed by atoms with Gasteiger partial charge < -0.3 is 10.1 Å². The number of ether oxygens (including phenoxy) is 1. The maximum Gasteiger partial charge on any atom is 0.341 e. The van der Waals surface area contributed by atoms with Gasteiger partial charge in [-0.05, 0) is 37.7 Å². The van der Waals surface area contributed by atoms with Crippen LogP contribution in [0.25, 0.3) is 0 Å². The predicted molar refractivity (Wildman–Crippen MR) is 122 cm³/mol. The molecule has 0 fully saturated rings. The zero-order chi connectivity index (χ0) is 20.9. The average Bonchev–Trinajstić information content (AvgIpc) is 3.02. The van der Waals surface area contributed by atoms with Crippen molar-refractivity contribution in [1.29, 1.82) is 0 Å². The van der Waals surface area contributed by atoms with Gasteiger partial charge in [0.15, 0.2) is 0 Å². The molecule has 0 spiro atoms. The molecule has 0 bridgehead atoms. The van der Waals surface area contributed by atoms with Gasteiger partial charge in [-0.2, -0.15) is 0 Å². The molecule has 0 radical (unpaired) electrons. The van der Waals surface area contributed by atoms with Gasteiger partial charge in [-0.3, -0.25) is 4.79 Å². The van der Waals surface area contributed by atoms with E-state index >= 15 is 0 Å². The van der Waals surface area contributed by atoms with E-state index in [2.05, 4.69) is 12.2 Å². The number of hydrogen-bond acceptors (Lipinski definition) is 4. The number of aryl methyl sites for hydroxylation is 1. The van der Waals surface area contributed by atoms with E-state index in [4.69, 9.17) is 4.74 Å². The van der Waals surface area contributed by atoms with Crippen molar-refractivity contribution in [3.63, 3.8) is 0 Å². The van der Waals surface area contributed by atoms with E-state index in [9.17, 15) is 9.59 Å². The molecular weight excluding hydrogens is 382 g/mol. The minimum atomic E-state index is -0.318. The van der Waals surface area contributed by atoms with E-state index in [1.165, 1.54) is 69.8 Å². The maximum atomic E-state index is 12.5. The Kier molecular flexibility index (Phi) is 11.4. The highest BCUT2D eigenvalue weighted by molar-refractivity contribution is 7.17. The molecule has 1 N–H and O–H groups in total. The number of rotatable bonds is 12. The van der Waals surface area contributed by atoms with Gasteiger partial charge in [0, 0.05) is 11.3 Å². The molecule has 1 aliphatic rings. The van der Waals surface area contributed by atoms with Crippen molar-refractivity contribution >= 4 is 28.2 Å². The summed E-state index contributed by atoms with van der Waals surface area (Å²) in [5.41, 5.74) is 1.72. The largest absolute Gasteiger partial charge is 0.465 e. The van der Waals surface area contributed by atoms with Crippen molar-refractivity contribution in [1.82, 2.24) is 0 Å². The third kappa shape index (κ3) is 8.12. The van der Waals surface area contributed by atoms with Gasteiger partial charge in [0.05, 0.1) is 12.7 Å². The van der Waals surface area contributed by atoms with Crippen LogP contribution in [0.1, 0.15) is 118 Å². The molecule has 0 aromatic carbocycles. The Labute approximate surface area is 180 Å². The molecule has 2 rings (SSSR count). The van der Waals surface area contributed by atoms with Gasteiger partial charge in [0.2, 0.25) is 5.91 Å². The quantitative estimate of drug-likeness (QED) is 0.290. The summed E-state index contributed by atoms with van der Waals surface area (Å²) in [6.07, 6.45) is 18.3. The van der Waals surface area contributed by atoms with Gasteiger partial charge in [-0.15, -0.1) is 11.3 Å². The van der Waals surface area contributed by atoms with Gasteiger partial charge in [-0.25, -0.2) is 4.79 Å². The van der Waals surface area contributed by atoms with Gasteiger partial charge >= 0.3 is 5.97 Å². The molecule has 0 atom stereocenters. The average molecular weight is 422 g/mol. The third-order valence-electron chi connectivity index (χ3n) is 5.82. The van der Waals surface area contributed by atoms with Crippen molar-refractivity contribution in [3.05, 3.63) is 16.0 Å². The van der Waals surface area contributed by atoms with Crippen LogP contribution in [-0.4, -0.2) is 19.0 Å². The molecule has 4 nitrogen and oxygen atoms in total. The van der Waals surface area contributed by atoms with E-state index in [0.29, 0.717) is 17.0 Å². The topological polar surface area (TPSA) is 55.4 Å². The SMILES string of the molecule is CCCCCCCCCCCC(=O)Nc1sc2c(c1C(=O)OC)CCCCCC2. The highest BCUT2D eigenvalue weighted by Crippen LogP contribution is 2.37. The number of anilines is 1. The van der Waals surface area contributed by atoms with Crippen LogP contribution in [0.2, 0.25) is 0 Å². The minimum absolute atomic E-state index is 0.0207. The summed E-state index contributed by atoms with van der Waals surface area (Å²) in [6.45, 7) is 2.24. The van der Waals surface area contributed by atoms with Crippen molar-refractivity contribution < 1.29 is 14.3 Å². The van der Waals surface area contributed by atoms with E-state index in [-0.39, 0.29) is 11.9 Å². The standard InChI is InChI=1S/C24H39NO3S/c1-3-4-5-6-7-8-9-10-15-18-21(26)25-23-22(24(27)28-2)19-16-13-11-12-14-17-20(19)29-23/h3-18H2,1-2H3,(H,25,26). The number of nitrogens with one attached hydrogen (secondary N) is 1. The van der Waals surface area contributed by atoms with E-state index in [1.807, 2.05) is 0 Å². The van der Waals surface area contributed by atoms with Crippen LogP contribution in [0.4, 0.5) is 5.00 Å². The number of hydrogen-bond donors (Lipinski definition) is 1. The molecule has 1 aromatic heterocycles. The van der Waals surface area contributed by atoms with Crippen molar-refractivity contribution in [2.45, 2.75) is 110 Å². The number of thiophene rings is 1. The van der Waals surface area contributed by atoms with Crippen molar-refractivity contribution in [2.75, 3.05) is 12.4 Å². The Bertz CT molecular complexity index is 638. The van der Waals surface area contributed by atoms with Crippen LogP contribution in [0.15, 0.2) is 0 Å². The number of methoxy groups -OCH3 is 1. The molecule has 1 heterocycles. The Balaban J connectivity index is 1.81. The number of amides is 1. The summed E-state index contributed by atoms with van der Waals surface area (Å²) in [5, 5.41) is 3.73. The van der Waals surface area contributed by atoms with Crippen LogP contribution < -0.4 is 5.32 Å². The molecule has 0 saturated heterocycles. The number of fused-ring (bicyclic) bond motifs is 1. The normalized spacial score (nSPS) is 14.0. The van der Waals surface area contributed by atoms with Crippen LogP contribution in [0.5, 0.6) is 0 Å². The second kappa shape index (κ2) is 13.8. The summed E-state index contributed by atoms with van der Waals surface area (Å²) in [4.78, 5) is 26.1. The summed E-state index contributed by atoms with van der Waals surface area (Å²) in [5.74, 6) is -0.297. The summed E-state index contributed by atoms with van der Waals surface area (Å²) < 4.78 is 5.03. The molecule has 1 aromatic rings. The minimum Gasteiger partial charge on any atom is -0.465 e. The molecule has 29 heavy (non-hydrogen) atoms. The van der Waals surface area contributed by atoms with Crippen LogP contribution in [0, 0.1) is 0 Å². The monoisotopic (exact) mass is 421 g/mol. The third-order valence-corrected chi connectivity index (χ3v) is 7.03. The van der Waals surface area contributed by atoms with Crippen LogP contribution >= 0.6 is 11.3 Å². The van der Waals surface area contributed by atoms with Crippen molar-refractivity contribution in [3.8, 4) is 0 Å². The lowest BCUT2D eigenvalue weighted by atomic mass is 9.96. The number of esters is 1. The molecule has 5 heteroatoms. The zero-order valence-electron chi connectivity index (χ0n) is 18.4. The lowest BCUT2D eigenvalue weighted by Gasteiger charge is -2.11. The Morgan fingerprint density at radius 3 is 2.17 bits per heavy atom. The Hall–Kier alpha value is -1.36. The zero-order valence-corrected chi connectivity index (χ0v) is 19.3. The van der Waals surface area contributed by atoms with E-state index in [1.54, 1.807) is 11.3 Å². The lowest BCUT2D eigenvalue weighted by molar-refractivity contribution is -0.116. The molecule has 0 saturated carbocycles. The molecule has 0 aliphatic heterocycles. The molecule has 1 amide bonds. The van der Waals surface area contributed by atoms with Crippen LogP contribution in [0.3, 0.4) is 0 Å². The summed E-state index contributed by atoms with van der Waals surface area (Å²) >= 11 is 1.58. The second-order valence-electron chi connectivity index (χ2n) is 8.24. The highest BCUT2D eigenvalue weighted by atomic mass is 32.1. The maximum absolute atomic E-state index is 12.5. The van der Waals surface area contributed by atoms with Gasteiger partial charge in [0.25, 0.3) is 0 Å². The first-order valence-electron chi connectivity index (χ1n) is 11.7. The first-order valence-corrected chi connectivity index (χ1v) is 12.5. The number of carbonyl (C=O) groups excluding carboxylic acids is 2. The van der Waals surface area contributed by atoms with Gasteiger partial charge in [0.1, 0.15) is 5.00 Å². The fourth-order valence-electron chi connectivity index (χ4n) is 4.11. The highest BCUT2D eigenvalue weighted by Gasteiger charge is 2.25. The first kappa shape index (κ1) is 23.9. The molecule has 164 valence electrons. The predicted octanol–water partition coefficient (Wildman–Crippen LogP) is 7.05. The fraction of sp³-hybridized carbons (Fsp3) is 0.750. The number of unbranched alkanes of at least 4 members (excludes halogenated alkanes) is 8. The molecular formula is C24H39NO3S. The first-order chi connectivity index (χ1) is 14.2. The second-order valence-corrected chi connectivity index (χ2v) is 9.35. The lowest BCUT2D eigenvalue weighted by Crippen LogP contribution is -2.14. The summed E-state index contributed by atoms with van der Waals surface area (Å²) in [6, 6.07) is 0. The molecule has 1 aliphatic carbocycles.